The Bertz CT molecular complexity index is 835. The molecular weight excluding hydrogens is 358 g/mol. The molecule has 4 rings (SSSR count). The molecule has 1 saturated heterocycles. The zero-order valence-electron chi connectivity index (χ0n) is 15.4. The number of para-hydroxylation sites is 2. The summed E-state index contributed by atoms with van der Waals surface area (Å²) in [5.74, 6) is 0.979. The summed E-state index contributed by atoms with van der Waals surface area (Å²) in [6.07, 6.45) is 1.72. The van der Waals surface area contributed by atoms with Crippen LogP contribution in [0.2, 0.25) is 0 Å². The molecule has 0 saturated carbocycles. The summed E-state index contributed by atoms with van der Waals surface area (Å²) in [6, 6.07) is 10.3. The number of piperazine rings is 1. The van der Waals surface area contributed by atoms with Crippen LogP contribution < -0.4 is 5.32 Å². The number of fused-ring (bicyclic) bond motifs is 1. The smallest absolute Gasteiger partial charge is 0.317 e. The van der Waals surface area contributed by atoms with Gasteiger partial charge in [0, 0.05) is 45.7 Å². The number of nitrogens with zero attached hydrogens (tertiary/aromatic N) is 3. The van der Waals surface area contributed by atoms with E-state index in [9.17, 15) is 4.79 Å². The van der Waals surface area contributed by atoms with Gasteiger partial charge in [0.2, 0.25) is 0 Å². The normalized spacial score (nSPS) is 15.3. The number of amides is 2. The SMILES string of the molecule is O=C(NCCCc1nc2ccccc2[nH]1)N1CCN(Cc2ccsc2)CC1. The molecule has 0 bridgehead atoms. The molecule has 142 valence electrons. The Morgan fingerprint density at radius 1 is 1.19 bits per heavy atom. The first-order valence-electron chi connectivity index (χ1n) is 9.48. The molecule has 3 heterocycles. The zero-order valence-corrected chi connectivity index (χ0v) is 16.2. The predicted octanol–water partition coefficient (Wildman–Crippen LogP) is 3.08. The molecule has 2 aromatic heterocycles. The van der Waals surface area contributed by atoms with Gasteiger partial charge in [-0.05, 0) is 40.9 Å². The molecule has 2 amide bonds. The molecule has 0 radical (unpaired) electrons. The summed E-state index contributed by atoms with van der Waals surface area (Å²) in [7, 11) is 0. The van der Waals surface area contributed by atoms with Crippen molar-refractivity contribution in [1.82, 2.24) is 25.1 Å². The minimum atomic E-state index is 0.0507. The van der Waals surface area contributed by atoms with Crippen LogP contribution in [0.3, 0.4) is 0 Å². The molecule has 1 aliphatic rings. The number of carbonyl (C=O) groups excluding carboxylic acids is 1. The van der Waals surface area contributed by atoms with Gasteiger partial charge in [-0.25, -0.2) is 9.78 Å². The van der Waals surface area contributed by atoms with E-state index in [-0.39, 0.29) is 6.03 Å². The van der Waals surface area contributed by atoms with Gasteiger partial charge < -0.3 is 15.2 Å². The minimum absolute atomic E-state index is 0.0507. The Morgan fingerprint density at radius 3 is 2.81 bits per heavy atom. The minimum Gasteiger partial charge on any atom is -0.342 e. The van der Waals surface area contributed by atoms with E-state index in [4.69, 9.17) is 0 Å². The van der Waals surface area contributed by atoms with Crippen LogP contribution in [0.15, 0.2) is 41.1 Å². The fourth-order valence-corrected chi connectivity index (χ4v) is 4.10. The number of aryl methyl sites for hydroxylation is 1. The highest BCUT2D eigenvalue weighted by atomic mass is 32.1. The number of aromatic amines is 1. The van der Waals surface area contributed by atoms with Crippen molar-refractivity contribution in [3.05, 3.63) is 52.5 Å². The lowest BCUT2D eigenvalue weighted by Gasteiger charge is -2.34. The highest BCUT2D eigenvalue weighted by Crippen LogP contribution is 2.12. The van der Waals surface area contributed by atoms with Crippen molar-refractivity contribution in [3.63, 3.8) is 0 Å². The summed E-state index contributed by atoms with van der Waals surface area (Å²) >= 11 is 1.74. The van der Waals surface area contributed by atoms with E-state index in [2.05, 4.69) is 37.0 Å². The van der Waals surface area contributed by atoms with Crippen molar-refractivity contribution >= 4 is 28.4 Å². The van der Waals surface area contributed by atoms with Crippen molar-refractivity contribution in [2.75, 3.05) is 32.7 Å². The quantitative estimate of drug-likeness (QED) is 0.643. The molecule has 2 N–H and O–H groups in total. The van der Waals surface area contributed by atoms with Gasteiger partial charge in [0.05, 0.1) is 11.0 Å². The van der Waals surface area contributed by atoms with Crippen LogP contribution in [0.4, 0.5) is 4.79 Å². The lowest BCUT2D eigenvalue weighted by atomic mass is 10.2. The number of benzene rings is 1. The van der Waals surface area contributed by atoms with Crippen LogP contribution in [-0.2, 0) is 13.0 Å². The molecule has 6 nitrogen and oxygen atoms in total. The van der Waals surface area contributed by atoms with Crippen LogP contribution in [0, 0.1) is 0 Å². The maximum Gasteiger partial charge on any atom is 0.317 e. The average molecular weight is 384 g/mol. The molecule has 0 atom stereocenters. The Kier molecular flexibility index (Phi) is 5.69. The predicted molar refractivity (Wildman–Crippen MR) is 109 cm³/mol. The van der Waals surface area contributed by atoms with Gasteiger partial charge in [0.25, 0.3) is 0 Å². The number of carbonyl (C=O) groups is 1. The molecule has 0 aliphatic carbocycles. The average Bonchev–Trinajstić information content (AvgIpc) is 3.34. The van der Waals surface area contributed by atoms with Crippen molar-refractivity contribution < 1.29 is 4.79 Å². The Labute approximate surface area is 163 Å². The Morgan fingerprint density at radius 2 is 2.04 bits per heavy atom. The molecule has 0 spiro atoms. The summed E-state index contributed by atoms with van der Waals surface area (Å²) in [5.41, 5.74) is 3.43. The number of aromatic nitrogens is 2. The third-order valence-electron chi connectivity index (χ3n) is 4.95. The molecule has 7 heteroatoms. The van der Waals surface area contributed by atoms with E-state index in [1.54, 1.807) is 11.3 Å². The number of H-pyrrole nitrogens is 1. The number of hydrogen-bond acceptors (Lipinski definition) is 4. The van der Waals surface area contributed by atoms with Gasteiger partial charge in [-0.2, -0.15) is 11.3 Å². The molecular formula is C20H25N5OS. The van der Waals surface area contributed by atoms with Crippen LogP contribution in [-0.4, -0.2) is 58.5 Å². The number of rotatable bonds is 6. The number of hydrogen-bond donors (Lipinski definition) is 2. The molecule has 1 aromatic carbocycles. The number of urea groups is 1. The van der Waals surface area contributed by atoms with Crippen molar-refractivity contribution in [2.24, 2.45) is 0 Å². The Balaban J connectivity index is 1.15. The molecule has 27 heavy (non-hydrogen) atoms. The third kappa shape index (κ3) is 4.67. The van der Waals surface area contributed by atoms with Crippen molar-refractivity contribution in [1.29, 1.82) is 0 Å². The van der Waals surface area contributed by atoms with Gasteiger partial charge in [0.1, 0.15) is 5.82 Å². The molecule has 0 unspecified atom stereocenters. The van der Waals surface area contributed by atoms with Crippen LogP contribution in [0.25, 0.3) is 11.0 Å². The van der Waals surface area contributed by atoms with Crippen LogP contribution >= 0.6 is 11.3 Å². The first-order valence-corrected chi connectivity index (χ1v) is 10.4. The van der Waals surface area contributed by atoms with E-state index in [1.165, 1.54) is 5.56 Å². The maximum atomic E-state index is 12.3. The first kappa shape index (κ1) is 18.0. The summed E-state index contributed by atoms with van der Waals surface area (Å²) < 4.78 is 0. The topological polar surface area (TPSA) is 64.3 Å². The summed E-state index contributed by atoms with van der Waals surface area (Å²) in [6.45, 7) is 5.10. The number of nitrogens with one attached hydrogen (secondary N) is 2. The Hall–Kier alpha value is -2.38. The highest BCUT2D eigenvalue weighted by Gasteiger charge is 2.20. The molecule has 3 aromatic rings. The van der Waals surface area contributed by atoms with Crippen LogP contribution in [0.5, 0.6) is 0 Å². The first-order chi connectivity index (χ1) is 13.3. The lowest BCUT2D eigenvalue weighted by Crippen LogP contribution is -2.51. The van der Waals surface area contributed by atoms with E-state index in [0.717, 1.165) is 62.4 Å². The molecule has 1 fully saturated rings. The van der Waals surface area contributed by atoms with Gasteiger partial charge >= 0.3 is 6.03 Å². The zero-order chi connectivity index (χ0) is 18.5. The monoisotopic (exact) mass is 383 g/mol. The van der Waals surface area contributed by atoms with Gasteiger partial charge in [0.15, 0.2) is 0 Å². The fourth-order valence-electron chi connectivity index (χ4n) is 3.44. The third-order valence-corrected chi connectivity index (χ3v) is 5.68. The summed E-state index contributed by atoms with van der Waals surface area (Å²) in [4.78, 5) is 24.6. The summed E-state index contributed by atoms with van der Waals surface area (Å²) in [5, 5.41) is 7.36. The fraction of sp³-hybridized carbons (Fsp3) is 0.400. The number of imidazole rings is 1. The second-order valence-electron chi connectivity index (χ2n) is 6.93. The second kappa shape index (κ2) is 8.54. The molecule has 1 aliphatic heterocycles. The lowest BCUT2D eigenvalue weighted by molar-refractivity contribution is 0.135. The van der Waals surface area contributed by atoms with E-state index in [0.29, 0.717) is 6.54 Å². The second-order valence-corrected chi connectivity index (χ2v) is 7.71. The maximum absolute atomic E-state index is 12.3. The van der Waals surface area contributed by atoms with E-state index < -0.39 is 0 Å². The van der Waals surface area contributed by atoms with E-state index in [1.807, 2.05) is 29.2 Å². The van der Waals surface area contributed by atoms with Gasteiger partial charge in [-0.3, -0.25) is 4.90 Å². The standard InChI is InChI=1S/C20H25N5OS/c26-20(25-11-9-24(10-12-25)14-16-7-13-27-15-16)21-8-3-6-19-22-17-4-1-2-5-18(17)23-19/h1-2,4-5,7,13,15H,3,6,8-12,14H2,(H,21,26)(H,22,23). The van der Waals surface area contributed by atoms with Crippen molar-refractivity contribution in [2.45, 2.75) is 19.4 Å². The number of thiophene rings is 1. The largest absolute Gasteiger partial charge is 0.342 e. The van der Waals surface area contributed by atoms with Crippen LogP contribution in [0.1, 0.15) is 17.8 Å². The van der Waals surface area contributed by atoms with E-state index >= 15 is 0 Å². The van der Waals surface area contributed by atoms with Crippen molar-refractivity contribution in [3.8, 4) is 0 Å². The highest BCUT2D eigenvalue weighted by molar-refractivity contribution is 7.07. The van der Waals surface area contributed by atoms with Gasteiger partial charge in [-0.15, -0.1) is 0 Å². The van der Waals surface area contributed by atoms with Gasteiger partial charge in [-0.1, -0.05) is 12.1 Å².